The summed E-state index contributed by atoms with van der Waals surface area (Å²) in [4.78, 5) is 19.1. The zero-order valence-corrected chi connectivity index (χ0v) is 21.4. The van der Waals surface area contributed by atoms with Crippen LogP contribution in [0.25, 0.3) is 20.5 Å². The standard InChI is InChI=1S/C29H30N2O4S/c1-33-22-9-6-19(7-10-22)29-27(24-12-11-23(34-2)17-25(24)36-29)28(32)20-8-13-26(31-18-20)35-16-14-21-5-3-4-15-30-21/h6-13,17-18,21,30H,3-5,14-16H2,1-2H3. The number of hydrogen-bond acceptors (Lipinski definition) is 7. The molecule has 0 saturated carbocycles. The molecule has 2 aromatic carbocycles. The molecule has 0 radical (unpaired) electrons. The molecule has 0 amide bonds. The number of pyridine rings is 1. The molecule has 3 heterocycles. The highest BCUT2D eigenvalue weighted by molar-refractivity contribution is 7.22. The minimum absolute atomic E-state index is 0.0670. The summed E-state index contributed by atoms with van der Waals surface area (Å²) in [6.07, 6.45) is 6.29. The average molecular weight is 503 g/mol. The average Bonchev–Trinajstić information content (AvgIpc) is 3.32. The van der Waals surface area contributed by atoms with Crippen LogP contribution in [0.3, 0.4) is 0 Å². The summed E-state index contributed by atoms with van der Waals surface area (Å²) in [6, 6.07) is 17.7. The van der Waals surface area contributed by atoms with Gasteiger partial charge >= 0.3 is 0 Å². The van der Waals surface area contributed by atoms with Crippen molar-refractivity contribution in [2.75, 3.05) is 27.4 Å². The molecule has 186 valence electrons. The fourth-order valence-electron chi connectivity index (χ4n) is 4.60. The highest BCUT2D eigenvalue weighted by Gasteiger charge is 2.22. The van der Waals surface area contributed by atoms with E-state index < -0.39 is 0 Å². The van der Waals surface area contributed by atoms with Gasteiger partial charge in [-0.25, -0.2) is 4.98 Å². The molecule has 7 heteroatoms. The lowest BCUT2D eigenvalue weighted by Gasteiger charge is -2.23. The minimum atomic E-state index is -0.0670. The van der Waals surface area contributed by atoms with Gasteiger partial charge in [-0.2, -0.15) is 0 Å². The van der Waals surface area contributed by atoms with Crippen molar-refractivity contribution in [2.24, 2.45) is 0 Å². The maximum atomic E-state index is 13.8. The fraction of sp³-hybridized carbons (Fsp3) is 0.310. The number of thiophene rings is 1. The number of aromatic nitrogens is 1. The van der Waals surface area contributed by atoms with Crippen molar-refractivity contribution in [3.63, 3.8) is 0 Å². The fourth-order valence-corrected chi connectivity index (χ4v) is 5.83. The van der Waals surface area contributed by atoms with Crippen LogP contribution in [0.15, 0.2) is 60.8 Å². The molecular formula is C29H30N2O4S. The molecule has 1 atom stereocenters. The second kappa shape index (κ2) is 11.1. The number of piperidine rings is 1. The van der Waals surface area contributed by atoms with Gasteiger partial charge in [-0.05, 0) is 79.9 Å². The Labute approximate surface area is 215 Å². The SMILES string of the molecule is COc1ccc(-c2sc3cc(OC)ccc3c2C(=O)c2ccc(OCCC3CCCCN3)nc2)cc1. The number of ether oxygens (including phenoxy) is 3. The molecule has 6 nitrogen and oxygen atoms in total. The van der Waals surface area contributed by atoms with Crippen molar-refractivity contribution in [3.8, 4) is 27.8 Å². The van der Waals surface area contributed by atoms with E-state index in [1.807, 2.05) is 42.5 Å². The molecule has 0 spiro atoms. The van der Waals surface area contributed by atoms with E-state index in [-0.39, 0.29) is 5.78 Å². The number of hydrogen-bond donors (Lipinski definition) is 1. The van der Waals surface area contributed by atoms with Gasteiger partial charge in [0.05, 0.1) is 20.8 Å². The molecule has 0 bridgehead atoms. The van der Waals surface area contributed by atoms with Crippen LogP contribution in [-0.2, 0) is 0 Å². The Bertz CT molecular complexity index is 1330. The number of nitrogens with one attached hydrogen (secondary N) is 1. The Morgan fingerprint density at radius 2 is 1.83 bits per heavy atom. The van der Waals surface area contributed by atoms with Crippen LogP contribution in [0.5, 0.6) is 17.4 Å². The Hall–Kier alpha value is -3.42. The zero-order chi connectivity index (χ0) is 24.9. The number of methoxy groups -OCH3 is 2. The minimum Gasteiger partial charge on any atom is -0.497 e. The van der Waals surface area contributed by atoms with E-state index in [1.54, 1.807) is 43.9 Å². The van der Waals surface area contributed by atoms with E-state index >= 15 is 0 Å². The molecule has 1 N–H and O–H groups in total. The molecule has 1 saturated heterocycles. The quantitative estimate of drug-likeness (QED) is 0.278. The third kappa shape index (κ3) is 5.22. The molecule has 0 aliphatic carbocycles. The lowest BCUT2D eigenvalue weighted by Crippen LogP contribution is -2.35. The summed E-state index contributed by atoms with van der Waals surface area (Å²) >= 11 is 1.58. The lowest BCUT2D eigenvalue weighted by molar-refractivity contribution is 0.104. The van der Waals surface area contributed by atoms with Gasteiger partial charge in [0, 0.05) is 44.4 Å². The van der Waals surface area contributed by atoms with Crippen LogP contribution in [0.4, 0.5) is 0 Å². The number of fused-ring (bicyclic) bond motifs is 1. The smallest absolute Gasteiger partial charge is 0.213 e. The molecule has 36 heavy (non-hydrogen) atoms. The van der Waals surface area contributed by atoms with E-state index in [2.05, 4.69) is 10.3 Å². The molecule has 1 unspecified atom stereocenters. The van der Waals surface area contributed by atoms with Crippen LogP contribution in [0.1, 0.15) is 41.6 Å². The molecule has 5 rings (SSSR count). The first-order chi connectivity index (χ1) is 17.7. The molecule has 2 aromatic heterocycles. The van der Waals surface area contributed by atoms with Crippen molar-refractivity contribution in [1.29, 1.82) is 0 Å². The van der Waals surface area contributed by atoms with E-state index in [0.717, 1.165) is 45.0 Å². The van der Waals surface area contributed by atoms with E-state index in [1.165, 1.54) is 19.3 Å². The van der Waals surface area contributed by atoms with Crippen LogP contribution < -0.4 is 19.5 Å². The summed E-state index contributed by atoms with van der Waals surface area (Å²) in [5.74, 6) is 2.00. The monoisotopic (exact) mass is 502 g/mol. The summed E-state index contributed by atoms with van der Waals surface area (Å²) in [5, 5.41) is 4.43. The van der Waals surface area contributed by atoms with Crippen molar-refractivity contribution in [3.05, 3.63) is 71.9 Å². The van der Waals surface area contributed by atoms with Gasteiger partial charge in [0.25, 0.3) is 0 Å². The summed E-state index contributed by atoms with van der Waals surface area (Å²) in [5.41, 5.74) is 2.16. The highest BCUT2D eigenvalue weighted by atomic mass is 32.1. The van der Waals surface area contributed by atoms with Crippen LogP contribution >= 0.6 is 11.3 Å². The number of carbonyl (C=O) groups is 1. The van der Waals surface area contributed by atoms with Crippen molar-refractivity contribution in [2.45, 2.75) is 31.7 Å². The van der Waals surface area contributed by atoms with Gasteiger partial charge < -0.3 is 19.5 Å². The second-order valence-corrected chi connectivity index (χ2v) is 9.95. The van der Waals surface area contributed by atoms with Gasteiger partial charge in [0.15, 0.2) is 5.78 Å². The first-order valence-electron chi connectivity index (χ1n) is 12.3. The van der Waals surface area contributed by atoms with Crippen molar-refractivity contribution >= 4 is 27.2 Å². The van der Waals surface area contributed by atoms with Gasteiger partial charge in [-0.1, -0.05) is 6.42 Å². The van der Waals surface area contributed by atoms with Gasteiger partial charge in [-0.3, -0.25) is 4.79 Å². The number of nitrogens with zero attached hydrogens (tertiary/aromatic N) is 1. The number of ketones is 1. The van der Waals surface area contributed by atoms with Gasteiger partial charge in [0.1, 0.15) is 11.5 Å². The third-order valence-electron chi connectivity index (χ3n) is 6.60. The maximum absolute atomic E-state index is 13.8. The lowest BCUT2D eigenvalue weighted by atomic mass is 9.98. The van der Waals surface area contributed by atoms with Crippen LogP contribution in [0, 0.1) is 0 Å². The molecule has 1 aliphatic rings. The normalized spacial score (nSPS) is 15.6. The first-order valence-corrected chi connectivity index (χ1v) is 13.1. The Morgan fingerprint density at radius 1 is 1.03 bits per heavy atom. The molecular weight excluding hydrogens is 472 g/mol. The summed E-state index contributed by atoms with van der Waals surface area (Å²) < 4.78 is 17.6. The van der Waals surface area contributed by atoms with Gasteiger partial charge in [0.2, 0.25) is 5.88 Å². The van der Waals surface area contributed by atoms with Crippen LogP contribution in [0.2, 0.25) is 0 Å². The summed E-state index contributed by atoms with van der Waals surface area (Å²) in [7, 11) is 3.29. The van der Waals surface area contributed by atoms with Crippen LogP contribution in [-0.4, -0.2) is 44.2 Å². The zero-order valence-electron chi connectivity index (χ0n) is 20.6. The highest BCUT2D eigenvalue weighted by Crippen LogP contribution is 2.41. The van der Waals surface area contributed by atoms with Crippen molar-refractivity contribution in [1.82, 2.24) is 10.3 Å². The summed E-state index contributed by atoms with van der Waals surface area (Å²) in [6.45, 7) is 1.69. The molecule has 4 aromatic rings. The van der Waals surface area contributed by atoms with Gasteiger partial charge in [-0.15, -0.1) is 11.3 Å². The topological polar surface area (TPSA) is 69.7 Å². The first kappa shape index (κ1) is 24.3. The predicted octanol–water partition coefficient (Wildman–Crippen LogP) is 6.12. The maximum Gasteiger partial charge on any atom is 0.213 e. The predicted molar refractivity (Wildman–Crippen MR) is 144 cm³/mol. The third-order valence-corrected chi connectivity index (χ3v) is 7.81. The number of rotatable bonds is 9. The van der Waals surface area contributed by atoms with E-state index in [4.69, 9.17) is 14.2 Å². The Morgan fingerprint density at radius 3 is 2.53 bits per heavy atom. The van der Waals surface area contributed by atoms with Crippen molar-refractivity contribution < 1.29 is 19.0 Å². The number of benzene rings is 2. The van der Waals surface area contributed by atoms with E-state index in [0.29, 0.717) is 29.7 Å². The Balaban J connectivity index is 1.40. The van der Waals surface area contributed by atoms with E-state index in [9.17, 15) is 4.79 Å². The number of carbonyl (C=O) groups excluding carboxylic acids is 1. The largest absolute Gasteiger partial charge is 0.497 e. The Kier molecular flexibility index (Phi) is 7.49. The molecule has 1 fully saturated rings. The second-order valence-electron chi connectivity index (χ2n) is 8.89. The molecule has 1 aliphatic heterocycles.